The van der Waals surface area contributed by atoms with Crippen molar-refractivity contribution in [2.75, 3.05) is 67.6 Å². The summed E-state index contributed by atoms with van der Waals surface area (Å²) < 4.78 is 33.3. The number of ether oxygens (including phenoxy) is 1. The molecule has 0 N–H and O–H groups in total. The Morgan fingerprint density at radius 3 is 2.26 bits per heavy atom. The molecule has 0 aromatic heterocycles. The Labute approximate surface area is 237 Å². The van der Waals surface area contributed by atoms with E-state index in [-0.39, 0.29) is 25.7 Å². The number of carbonyl (C=O) groups excluding carboxylic acids is 1. The lowest BCUT2D eigenvalue weighted by molar-refractivity contribution is -0.135. The number of sulfonamides is 1. The third-order valence-electron chi connectivity index (χ3n) is 8.82. The molecule has 39 heavy (non-hydrogen) atoms. The molecule has 3 rings (SSSR count). The van der Waals surface area contributed by atoms with Crippen LogP contribution in [0.25, 0.3) is 0 Å². The van der Waals surface area contributed by atoms with Crippen LogP contribution in [-0.2, 0) is 26.0 Å². The highest BCUT2D eigenvalue weighted by Crippen LogP contribution is 2.30. The number of hydrogen-bond acceptors (Lipinski definition) is 6. The number of benzene rings is 1. The molecule has 1 amide bonds. The fourth-order valence-corrected chi connectivity index (χ4v) is 7.87. The third kappa shape index (κ3) is 8.49. The van der Waals surface area contributed by atoms with Crippen molar-refractivity contribution in [3.8, 4) is 0 Å². The maximum atomic E-state index is 13.2. The first-order valence-electron chi connectivity index (χ1n) is 14.7. The SMILES string of the molecule is CCc1cc(C)c(S(=O)(=O)N(C)CCOCC(=O)N(C)CC2CCC(N3CCCC(N(C)C)C3)CC2)c(C)c1. The van der Waals surface area contributed by atoms with Gasteiger partial charge >= 0.3 is 0 Å². The van der Waals surface area contributed by atoms with Crippen molar-refractivity contribution in [1.82, 2.24) is 19.0 Å². The summed E-state index contributed by atoms with van der Waals surface area (Å²) in [5.74, 6) is 0.487. The number of aryl methyl sites for hydroxylation is 3. The van der Waals surface area contributed by atoms with Gasteiger partial charge in [0.1, 0.15) is 6.61 Å². The Balaban J connectivity index is 1.38. The fraction of sp³-hybridized carbons (Fsp3) is 0.767. The Bertz CT molecular complexity index is 1030. The van der Waals surface area contributed by atoms with Crippen molar-refractivity contribution < 1.29 is 17.9 Å². The van der Waals surface area contributed by atoms with E-state index >= 15 is 0 Å². The van der Waals surface area contributed by atoms with Crippen LogP contribution in [0, 0.1) is 19.8 Å². The van der Waals surface area contributed by atoms with Gasteiger partial charge < -0.3 is 14.5 Å². The molecule has 2 aliphatic rings. The summed E-state index contributed by atoms with van der Waals surface area (Å²) in [6, 6.07) is 5.23. The monoisotopic (exact) mass is 564 g/mol. The zero-order valence-electron chi connectivity index (χ0n) is 25.4. The Hall–Kier alpha value is -1.52. The molecule has 1 aliphatic heterocycles. The first kappa shape index (κ1) is 32.0. The van der Waals surface area contributed by atoms with Crippen molar-refractivity contribution in [2.45, 2.75) is 82.7 Å². The van der Waals surface area contributed by atoms with E-state index in [4.69, 9.17) is 4.74 Å². The van der Waals surface area contributed by atoms with E-state index in [0.29, 0.717) is 22.9 Å². The number of rotatable bonds is 12. The predicted molar refractivity (Wildman–Crippen MR) is 158 cm³/mol. The normalized spacial score (nSPS) is 22.9. The molecule has 1 aromatic carbocycles. The van der Waals surface area contributed by atoms with E-state index in [1.807, 2.05) is 33.0 Å². The fourth-order valence-electron chi connectivity index (χ4n) is 6.31. The van der Waals surface area contributed by atoms with Crippen LogP contribution in [0.1, 0.15) is 62.1 Å². The van der Waals surface area contributed by atoms with E-state index in [9.17, 15) is 13.2 Å². The molecule has 1 saturated carbocycles. The number of amides is 1. The summed E-state index contributed by atoms with van der Waals surface area (Å²) >= 11 is 0. The summed E-state index contributed by atoms with van der Waals surface area (Å²) in [7, 11) is 4.17. The molecule has 8 nitrogen and oxygen atoms in total. The molecule has 0 radical (unpaired) electrons. The minimum Gasteiger partial charge on any atom is -0.370 e. The number of carbonyl (C=O) groups is 1. The molecular weight excluding hydrogens is 512 g/mol. The van der Waals surface area contributed by atoms with Gasteiger partial charge in [-0.1, -0.05) is 19.1 Å². The van der Waals surface area contributed by atoms with Gasteiger partial charge in [-0.25, -0.2) is 8.42 Å². The smallest absolute Gasteiger partial charge is 0.248 e. The lowest BCUT2D eigenvalue weighted by Gasteiger charge is -2.43. The van der Waals surface area contributed by atoms with Gasteiger partial charge in [0, 0.05) is 45.8 Å². The van der Waals surface area contributed by atoms with Crippen LogP contribution in [0.4, 0.5) is 0 Å². The van der Waals surface area contributed by atoms with Crippen molar-refractivity contribution in [3.63, 3.8) is 0 Å². The van der Waals surface area contributed by atoms with Gasteiger partial charge in [0.05, 0.1) is 11.5 Å². The molecular formula is C30H52N4O4S. The molecule has 222 valence electrons. The van der Waals surface area contributed by atoms with Crippen LogP contribution < -0.4 is 0 Å². The van der Waals surface area contributed by atoms with Gasteiger partial charge in [0.15, 0.2) is 0 Å². The van der Waals surface area contributed by atoms with Crippen molar-refractivity contribution in [1.29, 1.82) is 0 Å². The number of likely N-dealkylation sites (tertiary alicyclic amines) is 1. The zero-order chi connectivity index (χ0) is 28.7. The van der Waals surface area contributed by atoms with Crippen LogP contribution in [0.5, 0.6) is 0 Å². The van der Waals surface area contributed by atoms with Gasteiger partial charge in [-0.15, -0.1) is 0 Å². The standard InChI is InChI=1S/C30H52N4O4S/c1-8-25-18-23(2)30(24(3)19-25)39(36,37)33(7)16-17-38-22-29(35)32(6)20-26-11-13-27(14-12-26)34-15-9-10-28(21-34)31(4)5/h18-19,26-28H,8-17,20-22H2,1-7H3. The summed E-state index contributed by atoms with van der Waals surface area (Å²) in [6.45, 7) is 9.26. The summed E-state index contributed by atoms with van der Waals surface area (Å²) in [6.07, 6.45) is 8.19. The number of likely N-dealkylation sites (N-methyl/N-ethyl adjacent to an activating group) is 3. The van der Waals surface area contributed by atoms with Crippen molar-refractivity contribution >= 4 is 15.9 Å². The minimum absolute atomic E-state index is 0.0251. The first-order chi connectivity index (χ1) is 18.4. The second kappa shape index (κ2) is 14.4. The third-order valence-corrected chi connectivity index (χ3v) is 11.0. The van der Waals surface area contributed by atoms with Gasteiger partial charge in [-0.3, -0.25) is 9.69 Å². The summed E-state index contributed by atoms with van der Waals surface area (Å²) in [5, 5.41) is 0. The highest BCUT2D eigenvalue weighted by molar-refractivity contribution is 7.89. The summed E-state index contributed by atoms with van der Waals surface area (Å²) in [4.78, 5) is 19.9. The maximum absolute atomic E-state index is 13.2. The molecule has 9 heteroatoms. The van der Waals surface area contributed by atoms with Crippen LogP contribution >= 0.6 is 0 Å². The molecule has 1 saturated heterocycles. The topological polar surface area (TPSA) is 73.4 Å². The van der Waals surface area contributed by atoms with E-state index in [2.05, 4.69) is 30.8 Å². The van der Waals surface area contributed by atoms with Crippen molar-refractivity contribution in [2.24, 2.45) is 5.92 Å². The number of hydrogen-bond donors (Lipinski definition) is 0. The average molecular weight is 565 g/mol. The molecule has 0 bridgehead atoms. The summed E-state index contributed by atoms with van der Waals surface area (Å²) in [5.41, 5.74) is 2.66. The lowest BCUT2D eigenvalue weighted by Crippen LogP contribution is -2.50. The van der Waals surface area contributed by atoms with Crippen LogP contribution in [0.2, 0.25) is 0 Å². The van der Waals surface area contributed by atoms with Gasteiger partial charge in [0.2, 0.25) is 15.9 Å². The molecule has 1 heterocycles. The molecule has 1 aromatic rings. The van der Waals surface area contributed by atoms with Crippen LogP contribution in [0.15, 0.2) is 17.0 Å². The second-order valence-electron chi connectivity index (χ2n) is 12.0. The molecule has 1 aliphatic carbocycles. The number of nitrogens with zero attached hydrogens (tertiary/aromatic N) is 4. The Kier molecular flexibility index (Phi) is 11.8. The van der Waals surface area contributed by atoms with E-state index < -0.39 is 10.0 Å². The zero-order valence-corrected chi connectivity index (χ0v) is 26.2. The van der Waals surface area contributed by atoms with Gasteiger partial charge in [-0.05, 0) is 102 Å². The minimum atomic E-state index is -3.63. The quantitative estimate of drug-likeness (QED) is 0.362. The van der Waals surface area contributed by atoms with Crippen LogP contribution in [-0.4, -0.2) is 113 Å². The highest BCUT2D eigenvalue weighted by atomic mass is 32.2. The molecule has 1 unspecified atom stereocenters. The average Bonchev–Trinajstić information content (AvgIpc) is 2.90. The number of piperidine rings is 1. The Morgan fingerprint density at radius 2 is 1.67 bits per heavy atom. The Morgan fingerprint density at radius 1 is 1.03 bits per heavy atom. The van der Waals surface area contributed by atoms with Gasteiger partial charge in [-0.2, -0.15) is 4.31 Å². The van der Waals surface area contributed by atoms with E-state index in [1.54, 1.807) is 11.9 Å². The lowest BCUT2D eigenvalue weighted by atomic mass is 9.84. The second-order valence-corrected chi connectivity index (χ2v) is 14.0. The van der Waals surface area contributed by atoms with Crippen LogP contribution in [0.3, 0.4) is 0 Å². The molecule has 0 spiro atoms. The largest absolute Gasteiger partial charge is 0.370 e. The van der Waals surface area contributed by atoms with E-state index in [1.165, 1.54) is 43.1 Å². The maximum Gasteiger partial charge on any atom is 0.248 e. The van der Waals surface area contributed by atoms with E-state index in [0.717, 1.165) is 42.5 Å². The first-order valence-corrected chi connectivity index (χ1v) is 16.2. The predicted octanol–water partition coefficient (Wildman–Crippen LogP) is 3.55. The van der Waals surface area contributed by atoms with Gasteiger partial charge in [0.25, 0.3) is 0 Å². The molecule has 1 atom stereocenters. The highest BCUT2D eigenvalue weighted by Gasteiger charge is 2.31. The molecule has 2 fully saturated rings. The van der Waals surface area contributed by atoms with Crippen molar-refractivity contribution in [3.05, 3.63) is 28.8 Å².